The first-order chi connectivity index (χ1) is 11.6. The first-order valence-corrected chi connectivity index (χ1v) is 7.80. The van der Waals surface area contributed by atoms with Gasteiger partial charge in [0.2, 0.25) is 11.8 Å². The van der Waals surface area contributed by atoms with Gasteiger partial charge in [0.1, 0.15) is 5.75 Å². The van der Waals surface area contributed by atoms with Crippen molar-refractivity contribution < 1.29 is 9.53 Å². The van der Waals surface area contributed by atoms with Crippen LogP contribution in [0.25, 0.3) is 5.65 Å². The van der Waals surface area contributed by atoms with Crippen LogP contribution in [0, 0.1) is 12.8 Å². The van der Waals surface area contributed by atoms with Gasteiger partial charge in [0.15, 0.2) is 11.5 Å². The molecule has 0 radical (unpaired) electrons. The van der Waals surface area contributed by atoms with Crippen LogP contribution < -0.4 is 15.8 Å². The fraction of sp³-hybridized carbons (Fsp3) is 0.235. The maximum Gasteiger partial charge on any atom is 0.237 e. The minimum atomic E-state index is 0.0188. The molecule has 1 saturated carbocycles. The second kappa shape index (κ2) is 5.52. The summed E-state index contributed by atoms with van der Waals surface area (Å²) < 4.78 is 7.39. The number of fused-ring (bicyclic) bond motifs is 1. The monoisotopic (exact) mass is 323 g/mol. The summed E-state index contributed by atoms with van der Waals surface area (Å²) in [5.74, 6) is 1.73. The highest BCUT2D eigenvalue weighted by molar-refractivity contribution is 5.93. The zero-order valence-corrected chi connectivity index (χ0v) is 13.2. The van der Waals surface area contributed by atoms with Crippen LogP contribution in [0.2, 0.25) is 0 Å². The molecule has 122 valence electrons. The third-order valence-corrected chi connectivity index (χ3v) is 4.04. The van der Waals surface area contributed by atoms with Crippen LogP contribution in [0.15, 0.2) is 36.5 Å². The summed E-state index contributed by atoms with van der Waals surface area (Å²) in [7, 11) is 0. The summed E-state index contributed by atoms with van der Waals surface area (Å²) in [5, 5.41) is 7.18. The number of hydrogen-bond donors (Lipinski definition) is 2. The van der Waals surface area contributed by atoms with E-state index in [1.165, 1.54) is 0 Å². The van der Waals surface area contributed by atoms with Crippen LogP contribution in [0.3, 0.4) is 0 Å². The van der Waals surface area contributed by atoms with E-state index in [2.05, 4.69) is 15.4 Å². The molecular formula is C17H17N5O2. The average Bonchev–Trinajstić information content (AvgIpc) is 3.33. The normalized spacial score (nSPS) is 13.9. The van der Waals surface area contributed by atoms with E-state index in [4.69, 9.17) is 10.5 Å². The van der Waals surface area contributed by atoms with Gasteiger partial charge < -0.3 is 15.8 Å². The Bertz CT molecular complexity index is 930. The number of benzene rings is 1. The van der Waals surface area contributed by atoms with E-state index in [0.29, 0.717) is 28.8 Å². The lowest BCUT2D eigenvalue weighted by molar-refractivity contribution is -0.117. The average molecular weight is 323 g/mol. The highest BCUT2D eigenvalue weighted by Crippen LogP contribution is 2.30. The van der Waals surface area contributed by atoms with Crippen molar-refractivity contribution in [3.05, 3.63) is 42.1 Å². The number of hydrogen-bond acceptors (Lipinski definition) is 5. The Morgan fingerprint density at radius 3 is 2.96 bits per heavy atom. The molecule has 3 aromatic rings. The van der Waals surface area contributed by atoms with Crippen LogP contribution in [0.4, 0.5) is 11.5 Å². The van der Waals surface area contributed by atoms with Crippen molar-refractivity contribution >= 4 is 23.1 Å². The molecule has 0 aliphatic heterocycles. The van der Waals surface area contributed by atoms with Gasteiger partial charge in [-0.1, -0.05) is 6.07 Å². The zero-order valence-electron chi connectivity index (χ0n) is 13.2. The van der Waals surface area contributed by atoms with Crippen molar-refractivity contribution in [3.8, 4) is 11.6 Å². The Hall–Kier alpha value is -3.09. The molecule has 4 rings (SSSR count). The number of nitrogens with one attached hydrogen (secondary N) is 1. The molecular weight excluding hydrogens is 306 g/mol. The maximum atomic E-state index is 11.8. The van der Waals surface area contributed by atoms with Crippen molar-refractivity contribution in [2.24, 2.45) is 5.92 Å². The number of nitrogen functional groups attached to an aromatic ring is 1. The van der Waals surface area contributed by atoms with Crippen molar-refractivity contribution in [1.82, 2.24) is 14.6 Å². The molecule has 1 aliphatic rings. The molecule has 2 heterocycles. The molecule has 7 nitrogen and oxygen atoms in total. The van der Waals surface area contributed by atoms with Gasteiger partial charge in [-0.2, -0.15) is 0 Å². The Kier molecular flexibility index (Phi) is 3.34. The van der Waals surface area contributed by atoms with E-state index in [1.54, 1.807) is 22.8 Å². The number of nitrogens with two attached hydrogens (primary N) is 1. The van der Waals surface area contributed by atoms with Gasteiger partial charge in [0.25, 0.3) is 0 Å². The first kappa shape index (κ1) is 14.5. The van der Waals surface area contributed by atoms with Crippen molar-refractivity contribution in [3.63, 3.8) is 0 Å². The summed E-state index contributed by atoms with van der Waals surface area (Å²) >= 11 is 0. The number of aromatic nitrogens is 3. The first-order valence-electron chi connectivity index (χ1n) is 7.80. The van der Waals surface area contributed by atoms with Crippen LogP contribution in [0.1, 0.15) is 18.4 Å². The molecule has 0 unspecified atom stereocenters. The quantitative estimate of drug-likeness (QED) is 0.720. The van der Waals surface area contributed by atoms with Gasteiger partial charge in [-0.05, 0) is 38.0 Å². The Morgan fingerprint density at radius 1 is 1.33 bits per heavy atom. The van der Waals surface area contributed by atoms with Crippen molar-refractivity contribution in [1.29, 1.82) is 0 Å². The minimum absolute atomic E-state index is 0.0188. The van der Waals surface area contributed by atoms with Gasteiger partial charge in [-0.15, -0.1) is 5.10 Å². The van der Waals surface area contributed by atoms with Gasteiger partial charge >= 0.3 is 0 Å². The molecule has 7 heteroatoms. The Morgan fingerprint density at radius 2 is 2.17 bits per heavy atom. The fourth-order valence-electron chi connectivity index (χ4n) is 2.41. The molecule has 0 spiro atoms. The molecule has 1 fully saturated rings. The van der Waals surface area contributed by atoms with Gasteiger partial charge in [0.05, 0.1) is 6.20 Å². The second-order valence-electron chi connectivity index (χ2n) is 5.94. The number of carbonyl (C=O) groups excluding carboxylic acids is 1. The molecule has 3 N–H and O–H groups in total. The highest BCUT2D eigenvalue weighted by atomic mass is 16.5. The van der Waals surface area contributed by atoms with E-state index in [0.717, 1.165) is 18.4 Å². The van der Waals surface area contributed by atoms with Gasteiger partial charge in [-0.25, -0.2) is 9.50 Å². The van der Waals surface area contributed by atoms with Crippen LogP contribution in [-0.2, 0) is 4.79 Å². The molecule has 2 aromatic heterocycles. The number of anilines is 2. The third-order valence-electron chi connectivity index (χ3n) is 4.04. The van der Waals surface area contributed by atoms with Gasteiger partial charge in [-0.3, -0.25) is 4.79 Å². The molecule has 0 bridgehead atoms. The van der Waals surface area contributed by atoms with Crippen LogP contribution in [0.5, 0.6) is 11.6 Å². The number of amides is 1. The number of nitrogens with zero attached hydrogens (tertiary/aromatic N) is 3. The fourth-order valence-corrected chi connectivity index (χ4v) is 2.41. The second-order valence-corrected chi connectivity index (χ2v) is 5.94. The summed E-state index contributed by atoms with van der Waals surface area (Å²) in [6, 6.07) is 9.02. The van der Waals surface area contributed by atoms with Crippen molar-refractivity contribution in [2.75, 3.05) is 11.1 Å². The lowest BCUT2D eigenvalue weighted by atomic mass is 10.2. The Balaban J connectivity index is 1.58. The SMILES string of the molecule is Cc1c(N)cccc1Oc1ccc2nc(NC(=O)C3CC3)cn2n1. The number of ether oxygens (including phenoxy) is 1. The summed E-state index contributed by atoms with van der Waals surface area (Å²) in [6.07, 6.45) is 3.58. The van der Waals surface area contributed by atoms with Crippen molar-refractivity contribution in [2.45, 2.75) is 19.8 Å². The standard InChI is InChI=1S/C17H17N5O2/c1-10-12(18)3-2-4-13(10)24-16-8-7-15-19-14(9-22(15)21-16)20-17(23)11-5-6-11/h2-4,7-9,11H,5-6,18H2,1H3,(H,20,23). The predicted octanol–water partition coefficient (Wildman–Crippen LogP) is 2.76. The van der Waals surface area contributed by atoms with Gasteiger partial charge in [0, 0.05) is 23.2 Å². The molecule has 1 aromatic carbocycles. The molecule has 1 aliphatic carbocycles. The van der Waals surface area contributed by atoms with E-state index < -0.39 is 0 Å². The lowest BCUT2D eigenvalue weighted by Gasteiger charge is -2.09. The number of imidazole rings is 1. The van der Waals surface area contributed by atoms with Crippen LogP contribution >= 0.6 is 0 Å². The summed E-state index contributed by atoms with van der Waals surface area (Å²) in [4.78, 5) is 16.1. The highest BCUT2D eigenvalue weighted by Gasteiger charge is 2.30. The minimum Gasteiger partial charge on any atom is -0.437 e. The largest absolute Gasteiger partial charge is 0.437 e. The van der Waals surface area contributed by atoms with E-state index in [1.807, 2.05) is 25.1 Å². The third kappa shape index (κ3) is 2.76. The Labute approximate surface area is 138 Å². The van der Waals surface area contributed by atoms with Crippen LogP contribution in [-0.4, -0.2) is 20.5 Å². The number of carbonyl (C=O) groups is 1. The van der Waals surface area contributed by atoms with E-state index >= 15 is 0 Å². The zero-order chi connectivity index (χ0) is 16.7. The molecule has 0 atom stereocenters. The molecule has 24 heavy (non-hydrogen) atoms. The van der Waals surface area contributed by atoms with E-state index in [9.17, 15) is 4.79 Å². The predicted molar refractivity (Wildman–Crippen MR) is 90.0 cm³/mol. The van der Waals surface area contributed by atoms with E-state index in [-0.39, 0.29) is 11.8 Å². The number of rotatable bonds is 4. The topological polar surface area (TPSA) is 94.5 Å². The summed E-state index contributed by atoms with van der Waals surface area (Å²) in [5.41, 5.74) is 8.06. The molecule has 0 saturated heterocycles. The maximum absolute atomic E-state index is 11.8. The lowest BCUT2D eigenvalue weighted by Crippen LogP contribution is -2.13. The smallest absolute Gasteiger partial charge is 0.237 e. The summed E-state index contributed by atoms with van der Waals surface area (Å²) in [6.45, 7) is 1.89. The molecule has 1 amide bonds.